The van der Waals surface area contributed by atoms with Gasteiger partial charge in [0.15, 0.2) is 0 Å². The molecular weight excluding hydrogens is 275 g/mol. The van der Waals surface area contributed by atoms with E-state index in [-0.39, 0.29) is 16.3 Å². The van der Waals surface area contributed by atoms with E-state index in [0.717, 1.165) is 0 Å². The van der Waals surface area contributed by atoms with Gasteiger partial charge in [0.1, 0.15) is 17.4 Å². The Hall–Kier alpha value is -1.41. The van der Waals surface area contributed by atoms with Crippen LogP contribution in [0.5, 0.6) is 0 Å². The van der Waals surface area contributed by atoms with Crippen LogP contribution in [0.1, 0.15) is 12.0 Å². The van der Waals surface area contributed by atoms with E-state index in [9.17, 15) is 9.18 Å². The summed E-state index contributed by atoms with van der Waals surface area (Å²) < 4.78 is 13.4. The molecule has 5 heteroatoms. The molecule has 16 heavy (non-hydrogen) atoms. The van der Waals surface area contributed by atoms with Gasteiger partial charge in [0.2, 0.25) is 5.91 Å². The monoisotopic (exact) mass is 282 g/mol. The van der Waals surface area contributed by atoms with Gasteiger partial charge in [-0.05, 0) is 12.1 Å². The Labute approximate surface area is 101 Å². The van der Waals surface area contributed by atoms with Crippen LogP contribution in [0.3, 0.4) is 0 Å². The summed E-state index contributed by atoms with van der Waals surface area (Å²) >= 11 is 3.34. The lowest BCUT2D eigenvalue weighted by Crippen LogP contribution is -2.25. The largest absolute Gasteiger partial charge is 0.310 e. The summed E-state index contributed by atoms with van der Waals surface area (Å²) in [5.41, 5.74) is 0.284. The number of hydrogen-bond acceptors (Lipinski definition) is 2. The van der Waals surface area contributed by atoms with Crippen LogP contribution in [0, 0.1) is 17.1 Å². The first kappa shape index (κ1) is 11.1. The van der Waals surface area contributed by atoms with Gasteiger partial charge in [-0.15, -0.1) is 0 Å². The number of alkyl halides is 1. The molecule has 1 aromatic rings. The SMILES string of the molecule is N#Cc1c(F)cccc1N1CC(Br)CC1=O. The standard InChI is InChI=1S/C11H8BrFN2O/c12-7-4-11(16)15(6-7)10-3-1-2-9(13)8(10)5-14/h1-3,7H,4,6H2. The van der Waals surface area contributed by atoms with E-state index >= 15 is 0 Å². The van der Waals surface area contributed by atoms with E-state index in [2.05, 4.69) is 15.9 Å². The molecule has 0 saturated carbocycles. The minimum absolute atomic E-state index is 0.0646. The Kier molecular flexibility index (Phi) is 2.92. The first-order valence-electron chi connectivity index (χ1n) is 4.76. The second-order valence-electron chi connectivity index (χ2n) is 3.55. The number of carbonyl (C=O) groups is 1. The van der Waals surface area contributed by atoms with Crippen LogP contribution in [0.4, 0.5) is 10.1 Å². The van der Waals surface area contributed by atoms with Crippen molar-refractivity contribution in [2.75, 3.05) is 11.4 Å². The molecule has 1 aliphatic heterocycles. The molecule has 0 radical (unpaired) electrons. The maximum absolute atomic E-state index is 13.4. The molecule has 3 nitrogen and oxygen atoms in total. The maximum atomic E-state index is 13.4. The molecule has 1 aliphatic rings. The lowest BCUT2D eigenvalue weighted by atomic mass is 10.1. The normalized spacial score (nSPS) is 19.9. The molecule has 0 spiro atoms. The lowest BCUT2D eigenvalue weighted by molar-refractivity contribution is -0.117. The summed E-state index contributed by atoms with van der Waals surface area (Å²) in [5, 5.41) is 8.87. The molecule has 1 unspecified atom stereocenters. The predicted molar refractivity (Wildman–Crippen MR) is 60.8 cm³/mol. The number of anilines is 1. The fourth-order valence-corrected chi connectivity index (χ4v) is 2.31. The first-order chi connectivity index (χ1) is 7.63. The highest BCUT2D eigenvalue weighted by molar-refractivity contribution is 9.09. The Balaban J connectivity index is 2.45. The Morgan fingerprint density at radius 2 is 2.31 bits per heavy atom. The summed E-state index contributed by atoms with van der Waals surface area (Å²) in [7, 11) is 0. The predicted octanol–water partition coefficient (Wildman–Crippen LogP) is 2.20. The Bertz CT molecular complexity index is 483. The zero-order chi connectivity index (χ0) is 11.7. The fraction of sp³-hybridized carbons (Fsp3) is 0.273. The molecule has 1 amide bonds. The van der Waals surface area contributed by atoms with E-state index in [4.69, 9.17) is 5.26 Å². The number of hydrogen-bond donors (Lipinski definition) is 0. The molecule has 1 aromatic carbocycles. The van der Waals surface area contributed by atoms with Gasteiger partial charge in [-0.1, -0.05) is 22.0 Å². The molecule has 1 heterocycles. The topological polar surface area (TPSA) is 44.1 Å². The van der Waals surface area contributed by atoms with Crippen LogP contribution in [0.25, 0.3) is 0 Å². The fourth-order valence-electron chi connectivity index (χ4n) is 1.75. The third-order valence-corrected chi connectivity index (χ3v) is 3.09. The van der Waals surface area contributed by atoms with E-state index in [1.807, 2.05) is 0 Å². The van der Waals surface area contributed by atoms with Crippen LogP contribution >= 0.6 is 15.9 Å². The molecule has 0 aliphatic carbocycles. The van der Waals surface area contributed by atoms with Crippen molar-refractivity contribution in [3.8, 4) is 6.07 Å². The summed E-state index contributed by atoms with van der Waals surface area (Å²) in [4.78, 5) is 13.1. The van der Waals surface area contributed by atoms with Crippen molar-refractivity contribution in [2.45, 2.75) is 11.2 Å². The van der Waals surface area contributed by atoms with E-state index in [1.165, 1.54) is 17.0 Å². The minimum Gasteiger partial charge on any atom is -0.310 e. The number of halogens is 2. The van der Waals surface area contributed by atoms with Crippen molar-refractivity contribution in [2.24, 2.45) is 0 Å². The minimum atomic E-state index is -0.592. The van der Waals surface area contributed by atoms with Crippen LogP contribution < -0.4 is 4.90 Å². The number of amides is 1. The van der Waals surface area contributed by atoms with E-state index in [0.29, 0.717) is 18.7 Å². The highest BCUT2D eigenvalue weighted by atomic mass is 79.9. The Morgan fingerprint density at radius 3 is 2.88 bits per heavy atom. The van der Waals surface area contributed by atoms with Crippen molar-refractivity contribution in [3.63, 3.8) is 0 Å². The third kappa shape index (κ3) is 1.81. The zero-order valence-corrected chi connectivity index (χ0v) is 9.87. The zero-order valence-electron chi connectivity index (χ0n) is 8.28. The first-order valence-corrected chi connectivity index (χ1v) is 5.68. The average Bonchev–Trinajstić information content (AvgIpc) is 2.57. The van der Waals surface area contributed by atoms with Crippen LogP contribution in [0.2, 0.25) is 0 Å². The molecule has 1 saturated heterocycles. The summed E-state index contributed by atoms with van der Waals surface area (Å²) in [6, 6.07) is 6.10. The smallest absolute Gasteiger partial charge is 0.228 e. The van der Waals surface area contributed by atoms with Gasteiger partial charge in [0.05, 0.1) is 5.69 Å². The summed E-state index contributed by atoms with van der Waals surface area (Å²) in [5.74, 6) is -0.685. The summed E-state index contributed by atoms with van der Waals surface area (Å²) in [6.45, 7) is 0.469. The molecule has 0 aromatic heterocycles. The van der Waals surface area contributed by atoms with Gasteiger partial charge < -0.3 is 4.90 Å². The van der Waals surface area contributed by atoms with Gasteiger partial charge in [-0.2, -0.15) is 5.26 Å². The van der Waals surface area contributed by atoms with Crippen molar-refractivity contribution in [3.05, 3.63) is 29.6 Å². The Morgan fingerprint density at radius 1 is 1.56 bits per heavy atom. The van der Waals surface area contributed by atoms with Gasteiger partial charge >= 0.3 is 0 Å². The number of nitriles is 1. The quantitative estimate of drug-likeness (QED) is 0.742. The molecule has 0 bridgehead atoms. The second kappa shape index (κ2) is 4.22. The number of rotatable bonds is 1. The van der Waals surface area contributed by atoms with E-state index < -0.39 is 5.82 Å². The second-order valence-corrected chi connectivity index (χ2v) is 4.85. The third-order valence-electron chi connectivity index (χ3n) is 2.47. The van der Waals surface area contributed by atoms with Crippen LogP contribution in [-0.2, 0) is 4.79 Å². The van der Waals surface area contributed by atoms with Gasteiger partial charge in [0.25, 0.3) is 0 Å². The van der Waals surface area contributed by atoms with Gasteiger partial charge in [-0.3, -0.25) is 4.79 Å². The molecule has 1 atom stereocenters. The highest BCUT2D eigenvalue weighted by Gasteiger charge is 2.30. The molecule has 82 valence electrons. The molecule has 1 fully saturated rings. The average molecular weight is 283 g/mol. The van der Waals surface area contributed by atoms with Crippen molar-refractivity contribution < 1.29 is 9.18 Å². The number of benzene rings is 1. The molecule has 0 N–H and O–H groups in total. The van der Waals surface area contributed by atoms with Gasteiger partial charge in [0, 0.05) is 17.8 Å². The lowest BCUT2D eigenvalue weighted by Gasteiger charge is -2.17. The van der Waals surface area contributed by atoms with Gasteiger partial charge in [-0.25, -0.2) is 4.39 Å². The molecule has 2 rings (SSSR count). The van der Waals surface area contributed by atoms with Crippen LogP contribution in [-0.4, -0.2) is 17.3 Å². The number of nitrogens with zero attached hydrogens (tertiary/aromatic N) is 2. The maximum Gasteiger partial charge on any atom is 0.228 e. The van der Waals surface area contributed by atoms with Crippen molar-refractivity contribution in [1.29, 1.82) is 5.26 Å². The number of carbonyl (C=O) groups excluding carboxylic acids is 1. The van der Waals surface area contributed by atoms with Crippen molar-refractivity contribution in [1.82, 2.24) is 0 Å². The van der Waals surface area contributed by atoms with E-state index in [1.54, 1.807) is 12.1 Å². The molecular formula is C11H8BrFN2O. The van der Waals surface area contributed by atoms with Crippen molar-refractivity contribution >= 4 is 27.5 Å². The highest BCUT2D eigenvalue weighted by Crippen LogP contribution is 2.28. The van der Waals surface area contributed by atoms with Crippen LogP contribution in [0.15, 0.2) is 18.2 Å². The summed E-state index contributed by atoms with van der Waals surface area (Å²) in [6.07, 6.45) is 0.376.